The van der Waals surface area contributed by atoms with Crippen molar-refractivity contribution in [1.82, 2.24) is 0 Å². The van der Waals surface area contributed by atoms with Crippen LogP contribution in [-0.2, 0) is 9.53 Å². The molecule has 0 saturated heterocycles. The monoisotopic (exact) mass is 139 g/mol. The number of hydrogen-bond acceptors (Lipinski definition) is 3. The number of ether oxygens (including phenoxy) is 1. The molecule has 0 aromatic heterocycles. The molecule has 0 amide bonds. The zero-order valence-corrected chi connectivity index (χ0v) is 5.44. The number of carbonyl (C=O) groups excluding carboxylic acids is 1. The lowest BCUT2D eigenvalue weighted by Gasteiger charge is -1.91. The van der Waals surface area contributed by atoms with Crippen molar-refractivity contribution in [3.63, 3.8) is 0 Å². The molecule has 0 aliphatic carbocycles. The van der Waals surface area contributed by atoms with E-state index in [0.29, 0.717) is 13.0 Å². The van der Waals surface area contributed by atoms with Crippen LogP contribution in [-0.4, -0.2) is 19.6 Å². The van der Waals surface area contributed by atoms with Crippen molar-refractivity contribution in [3.05, 3.63) is 0 Å². The molecule has 0 radical (unpaired) electrons. The van der Waals surface area contributed by atoms with Gasteiger partial charge < -0.3 is 22.9 Å². The number of nitrogens with two attached hydrogens (primary N) is 1. The third kappa shape index (κ3) is 5.72. The molecule has 0 saturated carbocycles. The van der Waals surface area contributed by atoms with Crippen molar-refractivity contribution < 1.29 is 23.4 Å². The second-order valence-electron chi connectivity index (χ2n) is 1.11. The number of carbonyl (C=O) groups is 1. The smallest absolute Gasteiger partial charge is 1.00 e. The van der Waals surface area contributed by atoms with Gasteiger partial charge >= 0.3 is 7.40 Å². The number of rotatable bonds is 2. The van der Waals surface area contributed by atoms with Gasteiger partial charge in [0, 0.05) is 6.54 Å². The van der Waals surface area contributed by atoms with Gasteiger partial charge in [-0.1, -0.05) is 0 Å². The van der Waals surface area contributed by atoms with Crippen LogP contribution in [0.2, 0.25) is 0 Å². The first-order chi connectivity index (χ1) is 3.31. The van der Waals surface area contributed by atoms with Crippen molar-refractivity contribution in [2.24, 2.45) is 5.73 Å². The molecule has 50 valence electrons. The highest BCUT2D eigenvalue weighted by molar-refractivity contribution is 5.69. The van der Waals surface area contributed by atoms with Crippen molar-refractivity contribution in [3.8, 4) is 0 Å². The van der Waals surface area contributed by atoms with Crippen LogP contribution in [0.4, 0.5) is 0 Å². The molecule has 3 nitrogen and oxygen atoms in total. The van der Waals surface area contributed by atoms with E-state index >= 15 is 0 Å². The maximum Gasteiger partial charge on any atom is 1.00 e. The van der Waals surface area contributed by atoms with Crippen LogP contribution in [0.5, 0.6) is 0 Å². The fraction of sp³-hybridized carbons (Fsp3) is 0.750. The highest BCUT2D eigenvalue weighted by Gasteiger charge is 1.92. The van der Waals surface area contributed by atoms with Gasteiger partial charge in [-0.3, -0.25) is 4.79 Å². The molecule has 0 aromatic carbocycles. The molecule has 0 unspecified atom stereocenters. The van der Waals surface area contributed by atoms with Crippen LogP contribution in [0.15, 0.2) is 0 Å². The molecule has 0 atom stereocenters. The Labute approximate surface area is 56.1 Å². The summed E-state index contributed by atoms with van der Waals surface area (Å²) < 4.78 is 4.27. The predicted molar refractivity (Wildman–Crippen MR) is 26.8 cm³/mol. The highest BCUT2D eigenvalue weighted by atomic mass is 35.5. The topological polar surface area (TPSA) is 52.3 Å². The SMILES string of the molecule is COC(=O)CCN.[Cl-].[H+]. The standard InChI is InChI=1S/C4H9NO2.ClH/c1-7-4(6)2-3-5;/h2-3,5H2,1H3;1H. The highest BCUT2D eigenvalue weighted by Crippen LogP contribution is 1.76. The number of methoxy groups -OCH3 is 1. The molecule has 0 fully saturated rings. The maximum absolute atomic E-state index is 10.1. The lowest BCUT2D eigenvalue weighted by molar-refractivity contribution is -0.140. The average Bonchev–Trinajstić information content (AvgIpc) is 1.68. The fourth-order valence-electron chi connectivity index (χ4n) is 0.220. The van der Waals surface area contributed by atoms with E-state index in [2.05, 4.69) is 4.74 Å². The Morgan fingerprint density at radius 1 is 1.88 bits per heavy atom. The first kappa shape index (κ1) is 10.7. The number of halogens is 1. The Balaban J connectivity index is -0.000000180. The summed E-state index contributed by atoms with van der Waals surface area (Å²) >= 11 is 0. The van der Waals surface area contributed by atoms with E-state index < -0.39 is 0 Å². The second kappa shape index (κ2) is 6.72. The zero-order valence-electron chi connectivity index (χ0n) is 5.69. The Kier molecular flexibility index (Phi) is 8.95. The lowest BCUT2D eigenvalue weighted by atomic mass is 10.4. The molecule has 0 rings (SSSR count). The zero-order chi connectivity index (χ0) is 5.70. The largest absolute Gasteiger partial charge is 1.00 e. The van der Waals surface area contributed by atoms with Gasteiger partial charge in [0.1, 0.15) is 0 Å². The Morgan fingerprint density at radius 3 is 2.50 bits per heavy atom. The van der Waals surface area contributed by atoms with E-state index in [1.54, 1.807) is 0 Å². The summed E-state index contributed by atoms with van der Waals surface area (Å²) in [5.41, 5.74) is 5.00. The van der Waals surface area contributed by atoms with E-state index in [9.17, 15) is 4.79 Å². The summed E-state index contributed by atoms with van der Waals surface area (Å²) in [5, 5.41) is 0. The Morgan fingerprint density at radius 2 is 2.38 bits per heavy atom. The average molecular weight is 140 g/mol. The van der Waals surface area contributed by atoms with Crippen molar-refractivity contribution in [2.75, 3.05) is 13.7 Å². The predicted octanol–water partition coefficient (Wildman–Crippen LogP) is -3.38. The third-order valence-electron chi connectivity index (χ3n) is 0.576. The van der Waals surface area contributed by atoms with Crippen LogP contribution in [0.3, 0.4) is 0 Å². The molecule has 0 aliphatic rings. The summed E-state index contributed by atoms with van der Waals surface area (Å²) in [6.45, 7) is 0.368. The van der Waals surface area contributed by atoms with Gasteiger partial charge in [0.25, 0.3) is 0 Å². The van der Waals surface area contributed by atoms with Crippen molar-refractivity contribution in [2.45, 2.75) is 6.42 Å². The summed E-state index contributed by atoms with van der Waals surface area (Å²) in [4.78, 5) is 10.1. The fourth-order valence-corrected chi connectivity index (χ4v) is 0.220. The van der Waals surface area contributed by atoms with Crippen LogP contribution in [0.25, 0.3) is 0 Å². The van der Waals surface area contributed by atoms with Crippen LogP contribution in [0, 0.1) is 0 Å². The maximum atomic E-state index is 10.1. The molecule has 8 heavy (non-hydrogen) atoms. The molecule has 0 spiro atoms. The molecule has 2 N–H and O–H groups in total. The quantitative estimate of drug-likeness (QED) is 0.407. The summed E-state index contributed by atoms with van der Waals surface area (Å²) in [6, 6.07) is 0. The van der Waals surface area contributed by atoms with E-state index in [-0.39, 0.29) is 19.8 Å². The Bertz CT molecular complexity index is 71.6. The number of esters is 1. The van der Waals surface area contributed by atoms with Gasteiger partial charge in [-0.25, -0.2) is 0 Å². The van der Waals surface area contributed by atoms with Gasteiger partial charge in [-0.15, -0.1) is 0 Å². The molecule has 0 heterocycles. The number of hydrogen-bond donors (Lipinski definition) is 1. The van der Waals surface area contributed by atoms with Gasteiger partial charge in [0.15, 0.2) is 0 Å². The lowest BCUT2D eigenvalue weighted by Crippen LogP contribution is -3.00. The van der Waals surface area contributed by atoms with E-state index in [4.69, 9.17) is 5.73 Å². The molecule has 4 heteroatoms. The summed E-state index contributed by atoms with van der Waals surface area (Å²) in [7, 11) is 1.35. The van der Waals surface area contributed by atoms with Crippen LogP contribution >= 0.6 is 0 Å². The third-order valence-corrected chi connectivity index (χ3v) is 0.576. The van der Waals surface area contributed by atoms with Gasteiger partial charge in [-0.2, -0.15) is 0 Å². The molecular weight excluding hydrogens is 130 g/mol. The van der Waals surface area contributed by atoms with Crippen LogP contribution in [0.1, 0.15) is 7.85 Å². The minimum atomic E-state index is -0.248. The molecule has 0 bridgehead atoms. The normalized spacial score (nSPS) is 7.25. The van der Waals surface area contributed by atoms with E-state index in [1.165, 1.54) is 7.11 Å². The molecule has 0 aliphatic heterocycles. The molecule has 0 aromatic rings. The summed E-state index contributed by atoms with van der Waals surface area (Å²) in [6.07, 6.45) is 0.316. The Hall–Kier alpha value is -0.280. The second-order valence-corrected chi connectivity index (χ2v) is 1.11. The van der Waals surface area contributed by atoms with E-state index in [1.807, 2.05) is 0 Å². The van der Waals surface area contributed by atoms with Crippen molar-refractivity contribution in [1.29, 1.82) is 0 Å². The first-order valence-corrected chi connectivity index (χ1v) is 2.08. The van der Waals surface area contributed by atoms with Gasteiger partial charge in [0.2, 0.25) is 0 Å². The van der Waals surface area contributed by atoms with Gasteiger partial charge in [-0.05, 0) is 0 Å². The first-order valence-electron chi connectivity index (χ1n) is 2.08. The minimum Gasteiger partial charge on any atom is -1.00 e. The summed E-state index contributed by atoms with van der Waals surface area (Å²) in [5.74, 6) is -0.248. The van der Waals surface area contributed by atoms with Gasteiger partial charge in [0.05, 0.1) is 13.5 Å². The van der Waals surface area contributed by atoms with Crippen molar-refractivity contribution >= 4 is 5.97 Å². The molecular formula is C4H10ClNO2. The van der Waals surface area contributed by atoms with E-state index in [0.717, 1.165) is 0 Å². The van der Waals surface area contributed by atoms with Crippen LogP contribution < -0.4 is 18.1 Å². The minimum absolute atomic E-state index is 0.